The normalized spacial score (nSPS) is 2.71. The van der Waals surface area contributed by atoms with Crippen molar-refractivity contribution in [3.8, 4) is 0 Å². The van der Waals surface area contributed by atoms with Crippen molar-refractivity contribution in [2.24, 2.45) is 0 Å². The van der Waals surface area contributed by atoms with Crippen LogP contribution in [0.4, 0.5) is 0 Å². The van der Waals surface area contributed by atoms with Gasteiger partial charge in [-0.05, 0) is 0 Å². The molecule has 0 amide bonds. The summed E-state index contributed by atoms with van der Waals surface area (Å²) in [5.74, 6) is 0. The molecule has 0 saturated carbocycles. The van der Waals surface area contributed by atoms with E-state index < -0.39 is 0 Å². The first-order valence-corrected chi connectivity index (χ1v) is 1.93. The van der Waals surface area contributed by atoms with Crippen LogP contribution >= 0.6 is 0 Å². The Kier molecular flexibility index (Phi) is 214. The molecule has 0 rings (SSSR count). The summed E-state index contributed by atoms with van der Waals surface area (Å²) in [5, 5.41) is 1.17. The zero-order chi connectivity index (χ0) is 2.71. The van der Waals surface area contributed by atoms with E-state index in [2.05, 4.69) is 23.2 Å². The summed E-state index contributed by atoms with van der Waals surface area (Å²) in [7, 11) is 0. The molecule has 0 aromatic heterocycles. The van der Waals surface area contributed by atoms with E-state index in [-0.39, 0.29) is 58.9 Å². The van der Waals surface area contributed by atoms with Crippen LogP contribution in [0.1, 0.15) is 6.92 Å². The van der Waals surface area contributed by atoms with Crippen molar-refractivity contribution in [3.05, 3.63) is 0 Å². The Labute approximate surface area is 86.7 Å². The van der Waals surface area contributed by atoms with Gasteiger partial charge >= 0.3 is 50.2 Å². The van der Waals surface area contributed by atoms with E-state index >= 15 is 0 Å². The van der Waals surface area contributed by atoms with Gasteiger partial charge in [-0.1, -0.05) is 0 Å². The largest absolute Gasteiger partial charge is 4.00 e. The predicted molar refractivity (Wildman–Crippen MR) is 16.2 cm³/mol. The van der Waals surface area contributed by atoms with Crippen molar-refractivity contribution < 1.29 is 58.9 Å². The van der Waals surface area contributed by atoms with Gasteiger partial charge in [-0.2, -0.15) is 0 Å². The van der Waals surface area contributed by atoms with E-state index in [1.807, 2.05) is 0 Å². The van der Waals surface area contributed by atoms with Crippen molar-refractivity contribution in [2.45, 2.75) is 12.2 Å². The third-order valence-corrected chi connectivity index (χ3v) is 0. The van der Waals surface area contributed by atoms with Gasteiger partial charge in [-0.3, -0.25) is 0 Å². The van der Waals surface area contributed by atoms with E-state index in [0.717, 1.165) is 0 Å². The molecular weight excluding hydrogens is 205 g/mol. The third kappa shape index (κ3) is 67.8. The standard InChI is InChI=1S/C2H5.Al.3ClH.Ti/c1-2;;;;;/h1H2,2H3;;3*1H;/q;+2;;;;+4/p-3. The van der Waals surface area contributed by atoms with Crippen molar-refractivity contribution in [1.29, 1.82) is 0 Å². The Morgan fingerprint density at radius 3 is 1.14 bits per heavy atom. The summed E-state index contributed by atoms with van der Waals surface area (Å²) >= 11 is 2.58. The van der Waals surface area contributed by atoms with Gasteiger partial charge < -0.3 is 37.2 Å². The van der Waals surface area contributed by atoms with Gasteiger partial charge in [0.2, 0.25) is 0 Å². The molecule has 0 spiro atoms. The van der Waals surface area contributed by atoms with E-state index in [1.165, 1.54) is 5.28 Å². The van der Waals surface area contributed by atoms with Crippen molar-refractivity contribution in [2.75, 3.05) is 0 Å². The van der Waals surface area contributed by atoms with Gasteiger partial charge in [0, 0.05) is 0 Å². The van der Waals surface area contributed by atoms with Crippen LogP contribution < -0.4 is 37.2 Å². The molecular formula is C2H5AlCl3Ti+3. The summed E-state index contributed by atoms with van der Waals surface area (Å²) in [6, 6.07) is 0. The maximum atomic E-state index is 2.58. The molecule has 0 aromatic rings. The summed E-state index contributed by atoms with van der Waals surface area (Å²) in [4.78, 5) is 0. The molecule has 0 aromatic carbocycles. The Bertz CT molecular complexity index is 12.9. The molecule has 0 nitrogen and oxygen atoms in total. The molecule has 0 fully saturated rings. The molecule has 0 aliphatic carbocycles. The maximum absolute atomic E-state index is 2.58. The molecule has 5 heteroatoms. The Morgan fingerprint density at radius 2 is 1.14 bits per heavy atom. The second kappa shape index (κ2) is 42.3. The van der Waals surface area contributed by atoms with Crippen molar-refractivity contribution in [3.63, 3.8) is 0 Å². The molecule has 0 atom stereocenters. The number of hydrogen-bond donors (Lipinski definition) is 0. The minimum Gasteiger partial charge on any atom is -1.00 e. The van der Waals surface area contributed by atoms with Crippen LogP contribution in [-0.2, 0) is 21.7 Å². The second-order valence-corrected chi connectivity index (χ2v) is 1.22. The molecule has 7 heavy (non-hydrogen) atoms. The number of rotatable bonds is 0. The van der Waals surface area contributed by atoms with Gasteiger partial charge in [0.1, 0.15) is 0 Å². The van der Waals surface area contributed by atoms with Crippen LogP contribution in [0, 0.1) is 0 Å². The molecule has 0 radical (unpaired) electrons. The monoisotopic (exact) mass is 209 g/mol. The van der Waals surface area contributed by atoms with Gasteiger partial charge in [0.15, 0.2) is 0 Å². The molecule has 0 aliphatic heterocycles. The fourth-order valence-corrected chi connectivity index (χ4v) is 0. The average Bonchev–Trinajstić information content (AvgIpc) is 0.918. The molecule has 0 N–H and O–H groups in total. The number of halogens is 3. The topological polar surface area (TPSA) is 0 Å². The fourth-order valence-electron chi connectivity index (χ4n) is 0. The first-order chi connectivity index (χ1) is 1.41. The Hall–Kier alpha value is 2.12. The van der Waals surface area contributed by atoms with Crippen LogP contribution in [0.2, 0.25) is 5.28 Å². The van der Waals surface area contributed by atoms with Crippen LogP contribution in [0.3, 0.4) is 0 Å². The molecule has 38 valence electrons. The average molecular weight is 210 g/mol. The molecule has 0 saturated heterocycles. The first kappa shape index (κ1) is 35.4. The fraction of sp³-hybridized carbons (Fsp3) is 1.00. The molecule has 0 bridgehead atoms. The quantitative estimate of drug-likeness (QED) is 0.348. The maximum Gasteiger partial charge on any atom is 4.00 e. The van der Waals surface area contributed by atoms with E-state index in [4.69, 9.17) is 0 Å². The van der Waals surface area contributed by atoms with Crippen LogP contribution in [0.25, 0.3) is 0 Å². The Morgan fingerprint density at radius 1 is 1.14 bits per heavy atom. The minimum atomic E-state index is 0. The predicted octanol–water partition coefficient (Wildman–Crippen LogP) is -8.40. The van der Waals surface area contributed by atoms with Gasteiger partial charge in [-0.25, -0.2) is 0 Å². The van der Waals surface area contributed by atoms with E-state index in [0.29, 0.717) is 0 Å². The smallest absolute Gasteiger partial charge is 1.00 e. The molecule has 0 heterocycles. The summed E-state index contributed by atoms with van der Waals surface area (Å²) in [6.07, 6.45) is 0. The number of hydrogen-bond acceptors (Lipinski definition) is 0. The Balaban J connectivity index is -0.00000000333. The van der Waals surface area contributed by atoms with Crippen molar-refractivity contribution >= 4 is 16.3 Å². The SMILES string of the molecule is C[CH2][Al+2].[Cl-].[Cl-].[Cl-].[Ti+4]. The second-order valence-electron chi connectivity index (χ2n) is 0.408. The van der Waals surface area contributed by atoms with E-state index in [9.17, 15) is 0 Å². The third-order valence-electron chi connectivity index (χ3n) is 0. The zero-order valence-electron chi connectivity index (χ0n) is 3.92. The van der Waals surface area contributed by atoms with Crippen molar-refractivity contribution in [1.82, 2.24) is 0 Å². The molecule has 0 unspecified atom stereocenters. The van der Waals surface area contributed by atoms with Crippen LogP contribution in [0.15, 0.2) is 0 Å². The zero-order valence-corrected chi connectivity index (χ0v) is 8.90. The van der Waals surface area contributed by atoms with Gasteiger partial charge in [-0.15, -0.1) is 0 Å². The molecule has 0 aliphatic rings. The minimum absolute atomic E-state index is 0. The van der Waals surface area contributed by atoms with Crippen LogP contribution in [0.5, 0.6) is 0 Å². The summed E-state index contributed by atoms with van der Waals surface area (Å²) in [6.45, 7) is 2.09. The summed E-state index contributed by atoms with van der Waals surface area (Å²) in [5.41, 5.74) is 0. The van der Waals surface area contributed by atoms with Crippen LogP contribution in [-0.4, -0.2) is 16.3 Å². The summed E-state index contributed by atoms with van der Waals surface area (Å²) < 4.78 is 0. The van der Waals surface area contributed by atoms with Gasteiger partial charge in [0.25, 0.3) is 0 Å². The first-order valence-electron chi connectivity index (χ1n) is 1.12. The van der Waals surface area contributed by atoms with Gasteiger partial charge in [0.05, 0.1) is 0 Å². The van der Waals surface area contributed by atoms with E-state index in [1.54, 1.807) is 0 Å².